The normalized spacial score (nSPS) is 16.3. The van der Waals surface area contributed by atoms with Crippen molar-refractivity contribution >= 4 is 17.5 Å². The van der Waals surface area contributed by atoms with E-state index in [4.69, 9.17) is 4.74 Å². The molecule has 29 heavy (non-hydrogen) atoms. The molecule has 148 valence electrons. The highest BCUT2D eigenvalue weighted by Crippen LogP contribution is 2.22. The second kappa shape index (κ2) is 9.19. The average molecular weight is 388 g/mol. The van der Waals surface area contributed by atoms with Crippen LogP contribution < -0.4 is 15.0 Å². The van der Waals surface area contributed by atoms with Crippen LogP contribution in [0.15, 0.2) is 73.1 Å². The van der Waals surface area contributed by atoms with Crippen molar-refractivity contribution in [3.63, 3.8) is 0 Å². The van der Waals surface area contributed by atoms with Crippen molar-refractivity contribution in [3.05, 3.63) is 78.6 Å². The molecule has 4 rings (SSSR count). The minimum Gasteiger partial charge on any atom is -0.489 e. The second-order valence-corrected chi connectivity index (χ2v) is 7.12. The van der Waals surface area contributed by atoms with Crippen molar-refractivity contribution in [2.75, 3.05) is 23.3 Å². The maximum Gasteiger partial charge on any atom is 0.229 e. The Morgan fingerprint density at radius 3 is 2.55 bits per heavy atom. The van der Waals surface area contributed by atoms with Crippen LogP contribution in [0.1, 0.15) is 18.4 Å². The summed E-state index contributed by atoms with van der Waals surface area (Å²) in [5, 5.41) is 3.02. The standard InChI is InChI=1S/C23H24N4O2/c28-22(19-8-4-15-27(16-19)23-24-13-5-14-25-23)26-20-9-11-21(12-10-20)29-17-18-6-2-1-3-7-18/h1-3,5-7,9-14,19H,4,8,15-17H2,(H,26,28)/t19-/m0/s1. The lowest BCUT2D eigenvalue weighted by Crippen LogP contribution is -2.41. The Morgan fingerprint density at radius 2 is 1.79 bits per heavy atom. The lowest BCUT2D eigenvalue weighted by Gasteiger charge is -2.31. The number of amides is 1. The van der Waals surface area contributed by atoms with Gasteiger partial charge in [-0.3, -0.25) is 4.79 Å². The Hall–Kier alpha value is -3.41. The number of rotatable bonds is 6. The number of carbonyl (C=O) groups excluding carboxylic acids is 1. The molecule has 2 aromatic carbocycles. The van der Waals surface area contributed by atoms with Gasteiger partial charge < -0.3 is 15.0 Å². The molecule has 0 saturated carbocycles. The van der Waals surface area contributed by atoms with Gasteiger partial charge in [0.2, 0.25) is 11.9 Å². The summed E-state index contributed by atoms with van der Waals surface area (Å²) < 4.78 is 5.80. The van der Waals surface area contributed by atoms with E-state index in [1.807, 2.05) is 54.6 Å². The smallest absolute Gasteiger partial charge is 0.229 e. The van der Waals surface area contributed by atoms with Gasteiger partial charge in [-0.1, -0.05) is 30.3 Å². The van der Waals surface area contributed by atoms with Crippen molar-refractivity contribution in [1.29, 1.82) is 0 Å². The first-order chi connectivity index (χ1) is 14.3. The van der Waals surface area contributed by atoms with Crippen molar-refractivity contribution < 1.29 is 9.53 Å². The summed E-state index contributed by atoms with van der Waals surface area (Å²) in [5.74, 6) is 1.41. The Bertz CT molecular complexity index is 917. The molecular formula is C23H24N4O2. The maximum atomic E-state index is 12.7. The monoisotopic (exact) mass is 388 g/mol. The summed E-state index contributed by atoms with van der Waals surface area (Å²) in [7, 11) is 0. The molecule has 1 saturated heterocycles. The topological polar surface area (TPSA) is 67.3 Å². The van der Waals surface area contributed by atoms with Gasteiger partial charge in [0, 0.05) is 31.2 Å². The first-order valence-corrected chi connectivity index (χ1v) is 9.87. The molecule has 0 spiro atoms. The van der Waals surface area contributed by atoms with Crippen molar-refractivity contribution in [2.45, 2.75) is 19.4 Å². The minimum atomic E-state index is -0.0819. The fourth-order valence-corrected chi connectivity index (χ4v) is 3.45. The van der Waals surface area contributed by atoms with E-state index in [0.29, 0.717) is 19.1 Å². The molecule has 1 atom stereocenters. The number of hydrogen-bond donors (Lipinski definition) is 1. The first kappa shape index (κ1) is 18.9. The molecule has 1 aliphatic rings. The van der Waals surface area contributed by atoms with Gasteiger partial charge in [0.1, 0.15) is 12.4 Å². The number of piperidine rings is 1. The highest BCUT2D eigenvalue weighted by atomic mass is 16.5. The minimum absolute atomic E-state index is 0.0311. The molecule has 0 aliphatic carbocycles. The zero-order valence-electron chi connectivity index (χ0n) is 16.2. The molecule has 6 heteroatoms. The SMILES string of the molecule is O=C(Nc1ccc(OCc2ccccc2)cc1)[C@H]1CCCN(c2ncccn2)C1. The predicted molar refractivity (Wildman–Crippen MR) is 113 cm³/mol. The van der Waals surface area contributed by atoms with Gasteiger partial charge in [0.05, 0.1) is 5.92 Å². The van der Waals surface area contributed by atoms with Crippen LogP contribution in [0.5, 0.6) is 5.75 Å². The fourth-order valence-electron chi connectivity index (χ4n) is 3.45. The number of nitrogens with one attached hydrogen (secondary N) is 1. The first-order valence-electron chi connectivity index (χ1n) is 9.87. The molecule has 1 aromatic heterocycles. The van der Waals surface area contributed by atoms with E-state index in [-0.39, 0.29) is 11.8 Å². The van der Waals surface area contributed by atoms with Crippen LogP contribution in [0.4, 0.5) is 11.6 Å². The van der Waals surface area contributed by atoms with Crippen molar-refractivity contribution in [2.24, 2.45) is 5.92 Å². The van der Waals surface area contributed by atoms with E-state index in [9.17, 15) is 4.79 Å². The van der Waals surface area contributed by atoms with E-state index in [1.165, 1.54) is 0 Å². The van der Waals surface area contributed by atoms with Crippen molar-refractivity contribution in [1.82, 2.24) is 9.97 Å². The van der Waals surface area contributed by atoms with E-state index in [2.05, 4.69) is 20.2 Å². The van der Waals surface area contributed by atoms with Crippen LogP contribution in [0.3, 0.4) is 0 Å². The molecular weight excluding hydrogens is 364 g/mol. The summed E-state index contributed by atoms with van der Waals surface area (Å²) in [5.41, 5.74) is 1.89. The molecule has 6 nitrogen and oxygen atoms in total. The quantitative estimate of drug-likeness (QED) is 0.693. The van der Waals surface area contributed by atoms with E-state index >= 15 is 0 Å². The van der Waals surface area contributed by atoms with Crippen LogP contribution in [-0.4, -0.2) is 29.0 Å². The summed E-state index contributed by atoms with van der Waals surface area (Å²) in [4.78, 5) is 23.4. The Labute approximate surface area is 170 Å². The molecule has 1 amide bonds. The highest BCUT2D eigenvalue weighted by molar-refractivity contribution is 5.93. The maximum absolute atomic E-state index is 12.7. The van der Waals surface area contributed by atoms with Gasteiger partial charge >= 0.3 is 0 Å². The van der Waals surface area contributed by atoms with Crippen LogP contribution in [0.25, 0.3) is 0 Å². The largest absolute Gasteiger partial charge is 0.489 e. The third kappa shape index (κ3) is 5.10. The lowest BCUT2D eigenvalue weighted by atomic mass is 9.97. The van der Waals surface area contributed by atoms with Gasteiger partial charge in [-0.15, -0.1) is 0 Å². The van der Waals surface area contributed by atoms with E-state index in [0.717, 1.165) is 36.4 Å². The molecule has 3 aromatic rings. The zero-order chi connectivity index (χ0) is 19.9. The summed E-state index contributed by atoms with van der Waals surface area (Å²) in [6, 6.07) is 19.3. The molecule has 1 fully saturated rings. The predicted octanol–water partition coefficient (Wildman–Crippen LogP) is 3.91. The molecule has 0 radical (unpaired) electrons. The van der Waals surface area contributed by atoms with Crippen LogP contribution in [0, 0.1) is 5.92 Å². The summed E-state index contributed by atoms with van der Waals surface area (Å²) >= 11 is 0. The number of aromatic nitrogens is 2. The van der Waals surface area contributed by atoms with Crippen LogP contribution in [-0.2, 0) is 11.4 Å². The molecule has 0 unspecified atom stereocenters. The average Bonchev–Trinajstić information content (AvgIpc) is 2.80. The fraction of sp³-hybridized carbons (Fsp3) is 0.261. The number of ether oxygens (including phenoxy) is 1. The number of anilines is 2. The van der Waals surface area contributed by atoms with Gasteiger partial charge in [0.25, 0.3) is 0 Å². The highest BCUT2D eigenvalue weighted by Gasteiger charge is 2.27. The van der Waals surface area contributed by atoms with Gasteiger partial charge in [0.15, 0.2) is 0 Å². The number of nitrogens with zero attached hydrogens (tertiary/aromatic N) is 3. The Balaban J connectivity index is 1.31. The van der Waals surface area contributed by atoms with E-state index < -0.39 is 0 Å². The second-order valence-electron chi connectivity index (χ2n) is 7.12. The van der Waals surface area contributed by atoms with Crippen molar-refractivity contribution in [3.8, 4) is 5.75 Å². The Morgan fingerprint density at radius 1 is 1.03 bits per heavy atom. The molecule has 0 bridgehead atoms. The number of hydrogen-bond acceptors (Lipinski definition) is 5. The van der Waals surface area contributed by atoms with Gasteiger partial charge in [-0.05, 0) is 48.7 Å². The Kier molecular flexibility index (Phi) is 6.00. The summed E-state index contributed by atoms with van der Waals surface area (Å²) in [6.45, 7) is 2.03. The molecule has 1 N–H and O–H groups in total. The van der Waals surface area contributed by atoms with Gasteiger partial charge in [-0.2, -0.15) is 0 Å². The third-order valence-corrected chi connectivity index (χ3v) is 5.00. The van der Waals surface area contributed by atoms with E-state index in [1.54, 1.807) is 18.5 Å². The van der Waals surface area contributed by atoms with Crippen LogP contribution in [0.2, 0.25) is 0 Å². The molecule has 2 heterocycles. The lowest BCUT2D eigenvalue weighted by molar-refractivity contribution is -0.120. The third-order valence-electron chi connectivity index (χ3n) is 5.00. The number of benzene rings is 2. The van der Waals surface area contributed by atoms with Crippen LogP contribution >= 0.6 is 0 Å². The number of carbonyl (C=O) groups is 1. The van der Waals surface area contributed by atoms with Gasteiger partial charge in [-0.25, -0.2) is 9.97 Å². The zero-order valence-corrected chi connectivity index (χ0v) is 16.2. The summed E-state index contributed by atoms with van der Waals surface area (Å²) in [6.07, 6.45) is 5.27. The molecule has 1 aliphatic heterocycles.